The highest BCUT2D eigenvalue weighted by molar-refractivity contribution is 5.80. The van der Waals surface area contributed by atoms with Crippen LogP contribution in [0.3, 0.4) is 0 Å². The van der Waals surface area contributed by atoms with Crippen LogP contribution in [0.4, 0.5) is 4.39 Å². The number of nitrogens with zero attached hydrogens (tertiary/aromatic N) is 1. The number of hydrogen-bond acceptors (Lipinski definition) is 2. The van der Waals surface area contributed by atoms with Gasteiger partial charge < -0.3 is 15.1 Å². The average Bonchev–Trinajstić information content (AvgIpc) is 2.98. The molecule has 22 heavy (non-hydrogen) atoms. The van der Waals surface area contributed by atoms with Crippen LogP contribution < -0.4 is 10.6 Å². The van der Waals surface area contributed by atoms with E-state index in [9.17, 15) is 4.39 Å². The molecule has 0 bridgehead atoms. The first-order chi connectivity index (χ1) is 10.7. The van der Waals surface area contributed by atoms with Gasteiger partial charge in [0.05, 0.1) is 12.8 Å². The van der Waals surface area contributed by atoms with Crippen molar-refractivity contribution in [1.29, 1.82) is 0 Å². The van der Waals surface area contributed by atoms with Gasteiger partial charge in [-0.1, -0.05) is 12.1 Å². The number of benzene rings is 1. The average molecular weight is 301 g/mol. The van der Waals surface area contributed by atoms with Crippen molar-refractivity contribution in [1.82, 2.24) is 10.6 Å². The summed E-state index contributed by atoms with van der Waals surface area (Å²) in [6.45, 7) is 0.604. The van der Waals surface area contributed by atoms with Gasteiger partial charge in [0.15, 0.2) is 5.96 Å². The van der Waals surface area contributed by atoms with Gasteiger partial charge in [-0.05, 0) is 48.6 Å². The van der Waals surface area contributed by atoms with Crippen molar-refractivity contribution in [2.45, 2.75) is 31.3 Å². The summed E-state index contributed by atoms with van der Waals surface area (Å²) in [5.41, 5.74) is 1.08. The Kier molecular flexibility index (Phi) is 4.42. The molecule has 1 saturated carbocycles. The minimum absolute atomic E-state index is 0.162. The molecule has 0 amide bonds. The number of hydrogen-bond donors (Lipinski definition) is 2. The van der Waals surface area contributed by atoms with Crippen LogP contribution in [-0.2, 0) is 6.54 Å². The molecular formula is C17H20FN3O. The molecule has 5 heteroatoms. The molecule has 0 radical (unpaired) electrons. The summed E-state index contributed by atoms with van der Waals surface area (Å²) >= 11 is 0. The molecule has 0 saturated heterocycles. The third kappa shape index (κ3) is 3.47. The van der Waals surface area contributed by atoms with Gasteiger partial charge in [0.25, 0.3) is 0 Å². The van der Waals surface area contributed by atoms with Crippen LogP contribution >= 0.6 is 0 Å². The smallest absolute Gasteiger partial charge is 0.191 e. The van der Waals surface area contributed by atoms with E-state index in [4.69, 9.17) is 4.42 Å². The number of guanidine groups is 1. The number of nitrogens with one attached hydrogen (secondary N) is 2. The van der Waals surface area contributed by atoms with Crippen molar-refractivity contribution < 1.29 is 8.81 Å². The monoisotopic (exact) mass is 301 g/mol. The summed E-state index contributed by atoms with van der Waals surface area (Å²) in [6.07, 6.45) is 3.64. The molecule has 2 N–H and O–H groups in total. The molecular weight excluding hydrogens is 281 g/mol. The summed E-state index contributed by atoms with van der Waals surface area (Å²) < 4.78 is 18.5. The highest BCUT2D eigenvalue weighted by Crippen LogP contribution is 2.36. The number of rotatable bonds is 4. The lowest BCUT2D eigenvalue weighted by atomic mass is 9.76. The van der Waals surface area contributed by atoms with E-state index < -0.39 is 0 Å². The van der Waals surface area contributed by atoms with E-state index in [0.717, 1.165) is 30.1 Å². The molecule has 1 aromatic heterocycles. The van der Waals surface area contributed by atoms with Crippen molar-refractivity contribution in [3.05, 3.63) is 59.8 Å². The molecule has 1 aliphatic carbocycles. The van der Waals surface area contributed by atoms with E-state index >= 15 is 0 Å². The summed E-state index contributed by atoms with van der Waals surface area (Å²) in [5, 5.41) is 6.60. The minimum Gasteiger partial charge on any atom is -0.467 e. The third-order valence-corrected chi connectivity index (χ3v) is 4.03. The Hall–Kier alpha value is -2.30. The number of halogens is 1. The van der Waals surface area contributed by atoms with E-state index in [2.05, 4.69) is 15.6 Å². The van der Waals surface area contributed by atoms with Crippen LogP contribution in [-0.4, -0.2) is 19.0 Å². The van der Waals surface area contributed by atoms with E-state index in [0.29, 0.717) is 18.5 Å². The lowest BCUT2D eigenvalue weighted by molar-refractivity contribution is 0.321. The van der Waals surface area contributed by atoms with Crippen LogP contribution in [0.15, 0.2) is 52.1 Å². The SMILES string of the molecule is CN=C(NCc1ccco1)NC1CC(c2cccc(F)c2)C1. The third-order valence-electron chi connectivity index (χ3n) is 4.03. The fraction of sp³-hybridized carbons (Fsp3) is 0.353. The van der Waals surface area contributed by atoms with Crippen LogP contribution in [0, 0.1) is 5.82 Å². The highest BCUT2D eigenvalue weighted by Gasteiger charge is 2.31. The molecule has 1 fully saturated rings. The number of furan rings is 1. The Morgan fingerprint density at radius 2 is 2.18 bits per heavy atom. The second-order valence-corrected chi connectivity index (χ2v) is 5.57. The van der Waals surface area contributed by atoms with Crippen LogP contribution in [0.5, 0.6) is 0 Å². The summed E-state index contributed by atoms with van der Waals surface area (Å²) in [7, 11) is 1.75. The van der Waals surface area contributed by atoms with Gasteiger partial charge in [-0.2, -0.15) is 0 Å². The maximum Gasteiger partial charge on any atom is 0.191 e. The van der Waals surface area contributed by atoms with Gasteiger partial charge in [-0.3, -0.25) is 4.99 Å². The van der Waals surface area contributed by atoms with Crippen molar-refractivity contribution in [3.63, 3.8) is 0 Å². The van der Waals surface area contributed by atoms with Crippen molar-refractivity contribution in [3.8, 4) is 0 Å². The zero-order valence-corrected chi connectivity index (χ0v) is 12.6. The van der Waals surface area contributed by atoms with Crippen LogP contribution in [0.25, 0.3) is 0 Å². The standard InChI is InChI=1S/C17H20FN3O/c1-19-17(20-11-16-6-3-7-22-16)21-15-9-13(10-15)12-4-2-5-14(18)8-12/h2-8,13,15H,9-11H2,1H3,(H2,19,20,21). The largest absolute Gasteiger partial charge is 0.467 e. The molecule has 0 atom stereocenters. The Balaban J connectivity index is 1.46. The van der Waals surface area contributed by atoms with Gasteiger partial charge in [0.1, 0.15) is 11.6 Å². The molecule has 3 rings (SSSR count). The van der Waals surface area contributed by atoms with E-state index in [1.165, 1.54) is 6.07 Å². The minimum atomic E-state index is -0.162. The van der Waals surface area contributed by atoms with E-state index in [1.807, 2.05) is 18.2 Å². The van der Waals surface area contributed by atoms with Gasteiger partial charge in [0, 0.05) is 13.1 Å². The predicted molar refractivity (Wildman–Crippen MR) is 84.2 cm³/mol. The first kappa shape index (κ1) is 14.6. The first-order valence-electron chi connectivity index (χ1n) is 7.49. The molecule has 0 aliphatic heterocycles. The number of aliphatic imine (C=N–C) groups is 1. The molecule has 4 nitrogen and oxygen atoms in total. The topological polar surface area (TPSA) is 49.6 Å². The maximum atomic E-state index is 13.2. The second-order valence-electron chi connectivity index (χ2n) is 5.57. The van der Waals surface area contributed by atoms with Gasteiger partial charge in [0.2, 0.25) is 0 Å². The van der Waals surface area contributed by atoms with Crippen molar-refractivity contribution in [2.24, 2.45) is 4.99 Å². The lowest BCUT2D eigenvalue weighted by Gasteiger charge is -2.37. The zero-order valence-electron chi connectivity index (χ0n) is 12.6. The van der Waals surface area contributed by atoms with Crippen molar-refractivity contribution in [2.75, 3.05) is 7.05 Å². The molecule has 116 valence electrons. The molecule has 1 heterocycles. The summed E-state index contributed by atoms with van der Waals surface area (Å²) in [6, 6.07) is 11.0. The highest BCUT2D eigenvalue weighted by atomic mass is 19.1. The predicted octanol–water partition coefficient (Wildman–Crippen LogP) is 3.03. The molecule has 2 aromatic rings. The van der Waals surface area contributed by atoms with Crippen LogP contribution in [0.1, 0.15) is 30.1 Å². The van der Waals surface area contributed by atoms with Gasteiger partial charge in [-0.15, -0.1) is 0 Å². The second kappa shape index (κ2) is 6.64. The molecule has 1 aromatic carbocycles. The Morgan fingerprint density at radius 1 is 1.32 bits per heavy atom. The maximum absolute atomic E-state index is 13.2. The van der Waals surface area contributed by atoms with Crippen molar-refractivity contribution >= 4 is 5.96 Å². The fourth-order valence-corrected chi connectivity index (χ4v) is 2.74. The van der Waals surface area contributed by atoms with Gasteiger partial charge >= 0.3 is 0 Å². The summed E-state index contributed by atoms with van der Waals surface area (Å²) in [4.78, 5) is 4.21. The van der Waals surface area contributed by atoms with E-state index in [-0.39, 0.29) is 5.82 Å². The molecule has 0 spiro atoms. The first-order valence-corrected chi connectivity index (χ1v) is 7.49. The lowest BCUT2D eigenvalue weighted by Crippen LogP contribution is -2.48. The molecule has 0 unspecified atom stereocenters. The quantitative estimate of drug-likeness (QED) is 0.674. The summed E-state index contributed by atoms with van der Waals surface area (Å²) in [5.74, 6) is 1.90. The molecule has 1 aliphatic rings. The zero-order chi connectivity index (χ0) is 15.4. The fourth-order valence-electron chi connectivity index (χ4n) is 2.74. The van der Waals surface area contributed by atoms with Crippen LogP contribution in [0.2, 0.25) is 0 Å². The Labute approximate surface area is 129 Å². The Morgan fingerprint density at radius 3 is 2.86 bits per heavy atom. The normalized spacial score (nSPS) is 21.3. The van der Waals surface area contributed by atoms with Gasteiger partial charge in [-0.25, -0.2) is 4.39 Å². The Bertz CT molecular complexity index is 633. The van der Waals surface area contributed by atoms with E-state index in [1.54, 1.807) is 25.4 Å².